The second-order valence-corrected chi connectivity index (χ2v) is 6.01. The maximum Gasteiger partial charge on any atom is 0.306 e. The standard InChI is InChI=1S/C16H18BrNO5/c1-22-14-4-3-12(17)8-11(14)2-5-15(19)18-6-7-23-13(10-18)9-16(20)21/h2-5,8,13H,6-7,9-10H2,1H3,(H,20,21)/b5-2+. The molecule has 0 saturated carbocycles. The minimum absolute atomic E-state index is 0.104. The molecule has 1 aromatic rings. The van der Waals surface area contributed by atoms with Crippen LogP contribution in [0.1, 0.15) is 12.0 Å². The Hall–Kier alpha value is -1.86. The van der Waals surface area contributed by atoms with Crippen LogP contribution >= 0.6 is 15.9 Å². The number of methoxy groups -OCH3 is 1. The molecule has 1 aromatic carbocycles. The van der Waals surface area contributed by atoms with Crippen molar-refractivity contribution in [2.24, 2.45) is 0 Å². The van der Waals surface area contributed by atoms with E-state index in [1.807, 2.05) is 18.2 Å². The van der Waals surface area contributed by atoms with Gasteiger partial charge in [-0.15, -0.1) is 0 Å². The first kappa shape index (κ1) is 17.5. The molecule has 1 heterocycles. The Morgan fingerprint density at radius 2 is 2.30 bits per heavy atom. The Kier molecular flexibility index (Phi) is 6.18. The Bertz CT molecular complexity index is 616. The van der Waals surface area contributed by atoms with Gasteiger partial charge in [0.1, 0.15) is 5.75 Å². The van der Waals surface area contributed by atoms with E-state index in [4.69, 9.17) is 14.6 Å². The zero-order chi connectivity index (χ0) is 16.8. The number of carbonyl (C=O) groups excluding carboxylic acids is 1. The van der Waals surface area contributed by atoms with Crippen molar-refractivity contribution in [2.45, 2.75) is 12.5 Å². The van der Waals surface area contributed by atoms with Crippen LogP contribution in [0, 0.1) is 0 Å². The highest BCUT2D eigenvalue weighted by atomic mass is 79.9. The summed E-state index contributed by atoms with van der Waals surface area (Å²) in [5, 5.41) is 8.81. The van der Waals surface area contributed by atoms with Gasteiger partial charge in [0.15, 0.2) is 0 Å². The Morgan fingerprint density at radius 1 is 1.52 bits per heavy atom. The summed E-state index contributed by atoms with van der Waals surface area (Å²) in [6, 6.07) is 5.53. The smallest absolute Gasteiger partial charge is 0.306 e. The van der Waals surface area contributed by atoms with Gasteiger partial charge in [-0.25, -0.2) is 0 Å². The van der Waals surface area contributed by atoms with Crippen LogP contribution in [0.15, 0.2) is 28.7 Å². The van der Waals surface area contributed by atoms with Gasteiger partial charge in [0.2, 0.25) is 5.91 Å². The molecule has 0 radical (unpaired) electrons. The molecule has 0 spiro atoms. The number of rotatable bonds is 5. The maximum absolute atomic E-state index is 12.3. The third-order valence-electron chi connectivity index (χ3n) is 3.45. The lowest BCUT2D eigenvalue weighted by atomic mass is 10.1. The third-order valence-corrected chi connectivity index (χ3v) is 3.94. The summed E-state index contributed by atoms with van der Waals surface area (Å²) in [7, 11) is 1.57. The summed E-state index contributed by atoms with van der Waals surface area (Å²) in [5.41, 5.74) is 0.783. The van der Waals surface area contributed by atoms with E-state index in [0.29, 0.717) is 18.9 Å². The molecular weight excluding hydrogens is 366 g/mol. The maximum atomic E-state index is 12.3. The number of carbonyl (C=O) groups is 2. The quantitative estimate of drug-likeness (QED) is 0.788. The number of carboxylic acids is 1. The molecule has 0 bridgehead atoms. The van der Waals surface area contributed by atoms with E-state index in [1.54, 1.807) is 18.1 Å². The molecule has 23 heavy (non-hydrogen) atoms. The molecular formula is C16H18BrNO5. The normalized spacial score (nSPS) is 18.2. The van der Waals surface area contributed by atoms with Gasteiger partial charge in [0, 0.05) is 29.2 Å². The van der Waals surface area contributed by atoms with Gasteiger partial charge >= 0.3 is 5.97 Å². The van der Waals surface area contributed by atoms with Crippen LogP contribution < -0.4 is 4.74 Å². The van der Waals surface area contributed by atoms with Crippen LogP contribution in [0.25, 0.3) is 6.08 Å². The number of halogens is 1. The highest BCUT2D eigenvalue weighted by Gasteiger charge is 2.24. The Morgan fingerprint density at radius 3 is 3.00 bits per heavy atom. The number of morpholine rings is 1. The largest absolute Gasteiger partial charge is 0.496 e. The van der Waals surface area contributed by atoms with Gasteiger partial charge in [-0.2, -0.15) is 0 Å². The highest BCUT2D eigenvalue weighted by molar-refractivity contribution is 9.10. The lowest BCUT2D eigenvalue weighted by Gasteiger charge is -2.31. The molecule has 1 aliphatic rings. The van der Waals surface area contributed by atoms with Crippen molar-refractivity contribution in [3.8, 4) is 5.75 Å². The van der Waals surface area contributed by atoms with Crippen molar-refractivity contribution >= 4 is 33.9 Å². The van der Waals surface area contributed by atoms with E-state index < -0.39 is 12.1 Å². The SMILES string of the molecule is COc1ccc(Br)cc1/C=C/C(=O)N1CCOC(CC(=O)O)C1. The van der Waals surface area contributed by atoms with Crippen molar-refractivity contribution in [1.82, 2.24) is 4.90 Å². The van der Waals surface area contributed by atoms with E-state index in [-0.39, 0.29) is 18.9 Å². The minimum Gasteiger partial charge on any atom is -0.496 e. The fraction of sp³-hybridized carbons (Fsp3) is 0.375. The van der Waals surface area contributed by atoms with E-state index >= 15 is 0 Å². The molecule has 1 aliphatic heterocycles. The number of aliphatic carboxylic acids is 1. The van der Waals surface area contributed by atoms with Crippen molar-refractivity contribution in [3.05, 3.63) is 34.3 Å². The van der Waals surface area contributed by atoms with Crippen molar-refractivity contribution in [1.29, 1.82) is 0 Å². The zero-order valence-electron chi connectivity index (χ0n) is 12.7. The van der Waals surface area contributed by atoms with Crippen molar-refractivity contribution in [3.63, 3.8) is 0 Å². The van der Waals surface area contributed by atoms with Crippen LogP contribution in [-0.2, 0) is 14.3 Å². The number of ether oxygens (including phenoxy) is 2. The third kappa shape index (κ3) is 5.07. The molecule has 124 valence electrons. The molecule has 1 atom stereocenters. The van der Waals surface area contributed by atoms with Gasteiger partial charge in [0.25, 0.3) is 0 Å². The molecule has 1 saturated heterocycles. The summed E-state index contributed by atoms with van der Waals surface area (Å²) in [6.45, 7) is 1.08. The topological polar surface area (TPSA) is 76.1 Å². The fourth-order valence-corrected chi connectivity index (χ4v) is 2.72. The summed E-state index contributed by atoms with van der Waals surface area (Å²) >= 11 is 3.38. The predicted octanol–water partition coefficient (Wildman–Crippen LogP) is 2.17. The Balaban J connectivity index is 2.03. The lowest BCUT2D eigenvalue weighted by molar-refractivity contribution is -0.145. The van der Waals surface area contributed by atoms with Gasteiger partial charge in [-0.3, -0.25) is 9.59 Å². The Labute approximate surface area is 142 Å². The fourth-order valence-electron chi connectivity index (χ4n) is 2.34. The van der Waals surface area contributed by atoms with E-state index in [1.165, 1.54) is 6.08 Å². The van der Waals surface area contributed by atoms with Crippen molar-refractivity contribution < 1.29 is 24.2 Å². The van der Waals surface area contributed by atoms with Crippen LogP contribution in [0.3, 0.4) is 0 Å². The van der Waals surface area contributed by atoms with E-state index in [0.717, 1.165) is 10.0 Å². The summed E-state index contributed by atoms with van der Waals surface area (Å²) in [4.78, 5) is 24.6. The zero-order valence-corrected chi connectivity index (χ0v) is 14.3. The first-order valence-electron chi connectivity index (χ1n) is 7.13. The highest BCUT2D eigenvalue weighted by Crippen LogP contribution is 2.24. The van der Waals surface area contributed by atoms with Crippen LogP contribution in [0.5, 0.6) is 5.75 Å². The summed E-state index contributed by atoms with van der Waals surface area (Å²) in [6.07, 6.45) is 2.59. The van der Waals surface area contributed by atoms with E-state index in [9.17, 15) is 9.59 Å². The number of benzene rings is 1. The van der Waals surface area contributed by atoms with Gasteiger partial charge in [-0.05, 0) is 24.3 Å². The van der Waals surface area contributed by atoms with Crippen LogP contribution in [0.4, 0.5) is 0 Å². The minimum atomic E-state index is -0.932. The second kappa shape index (κ2) is 8.12. The summed E-state index contributed by atoms with van der Waals surface area (Å²) < 4.78 is 11.5. The van der Waals surface area contributed by atoms with Gasteiger partial charge < -0.3 is 19.5 Å². The molecule has 1 unspecified atom stereocenters. The monoisotopic (exact) mass is 383 g/mol. The molecule has 1 N–H and O–H groups in total. The summed E-state index contributed by atoms with van der Waals surface area (Å²) in [5.74, 6) is -0.438. The average Bonchev–Trinajstić information content (AvgIpc) is 2.52. The van der Waals surface area contributed by atoms with Crippen LogP contribution in [-0.4, -0.2) is 54.8 Å². The number of amides is 1. The second-order valence-electron chi connectivity index (χ2n) is 5.09. The first-order valence-corrected chi connectivity index (χ1v) is 7.93. The molecule has 6 nitrogen and oxygen atoms in total. The predicted molar refractivity (Wildman–Crippen MR) is 88.3 cm³/mol. The molecule has 7 heteroatoms. The molecule has 1 amide bonds. The average molecular weight is 384 g/mol. The number of nitrogens with zero attached hydrogens (tertiary/aromatic N) is 1. The number of hydrogen-bond donors (Lipinski definition) is 1. The molecule has 0 aromatic heterocycles. The molecule has 1 fully saturated rings. The van der Waals surface area contributed by atoms with E-state index in [2.05, 4.69) is 15.9 Å². The molecule has 0 aliphatic carbocycles. The number of carboxylic acid groups (broad SMARTS) is 1. The first-order chi connectivity index (χ1) is 11.0. The number of hydrogen-bond acceptors (Lipinski definition) is 4. The molecule has 2 rings (SSSR count). The lowest BCUT2D eigenvalue weighted by Crippen LogP contribution is -2.45. The van der Waals surface area contributed by atoms with Gasteiger partial charge in [0.05, 0.1) is 26.2 Å². The van der Waals surface area contributed by atoms with Gasteiger partial charge in [-0.1, -0.05) is 15.9 Å². The van der Waals surface area contributed by atoms with Crippen LogP contribution in [0.2, 0.25) is 0 Å². The van der Waals surface area contributed by atoms with Crippen molar-refractivity contribution in [2.75, 3.05) is 26.8 Å².